The van der Waals surface area contributed by atoms with Gasteiger partial charge in [0.25, 0.3) is 0 Å². The molecule has 0 saturated carbocycles. The number of ether oxygens (including phenoxy) is 3. The lowest BCUT2D eigenvalue weighted by molar-refractivity contribution is -0.166. The van der Waals surface area contributed by atoms with Crippen LogP contribution in [-0.2, 0) is 14.3 Å². The highest BCUT2D eigenvalue weighted by atomic mass is 32.1. The molecule has 0 spiro atoms. The average molecular weight is 596 g/mol. The van der Waals surface area contributed by atoms with Crippen LogP contribution in [0.3, 0.4) is 0 Å². The number of rotatable bonds is 20. The highest BCUT2D eigenvalue weighted by Gasteiger charge is 2.21. The van der Waals surface area contributed by atoms with E-state index < -0.39 is 12.4 Å². The third-order valence-corrected chi connectivity index (χ3v) is 8.22. The SMILES string of the molecule is CCCCCCCCCCCCCC(=O)OC(C)OC(=O)N(C)CCC(Oc1cccc2ccccc12)c1ccsc1. The second-order valence-electron chi connectivity index (χ2n) is 11.1. The van der Waals surface area contributed by atoms with Crippen LogP contribution in [0.25, 0.3) is 10.8 Å². The van der Waals surface area contributed by atoms with Crippen LogP contribution in [0.15, 0.2) is 59.3 Å². The Kier molecular flexibility index (Phi) is 15.3. The van der Waals surface area contributed by atoms with Gasteiger partial charge in [-0.05, 0) is 34.7 Å². The summed E-state index contributed by atoms with van der Waals surface area (Å²) in [6.07, 6.45) is 12.7. The molecule has 6 nitrogen and oxygen atoms in total. The summed E-state index contributed by atoms with van der Waals surface area (Å²) in [5.74, 6) is 0.489. The molecule has 0 aliphatic heterocycles. The second-order valence-corrected chi connectivity index (χ2v) is 11.9. The van der Waals surface area contributed by atoms with Gasteiger partial charge < -0.3 is 19.1 Å². The van der Waals surface area contributed by atoms with Gasteiger partial charge in [0.1, 0.15) is 11.9 Å². The van der Waals surface area contributed by atoms with E-state index in [1.54, 1.807) is 25.3 Å². The zero-order valence-electron chi connectivity index (χ0n) is 25.7. The van der Waals surface area contributed by atoms with Gasteiger partial charge >= 0.3 is 12.1 Å². The molecule has 1 heterocycles. The predicted molar refractivity (Wildman–Crippen MR) is 172 cm³/mol. The zero-order valence-corrected chi connectivity index (χ0v) is 26.5. The molecule has 2 atom stereocenters. The Bertz CT molecular complexity index is 1180. The topological polar surface area (TPSA) is 65.1 Å². The van der Waals surface area contributed by atoms with Crippen molar-refractivity contribution in [2.24, 2.45) is 0 Å². The lowest BCUT2D eigenvalue weighted by Crippen LogP contribution is -2.33. The molecule has 0 saturated heterocycles. The number of nitrogens with zero attached hydrogens (tertiary/aromatic N) is 1. The molecule has 0 aliphatic rings. The largest absolute Gasteiger partial charge is 0.485 e. The van der Waals surface area contributed by atoms with Crippen LogP contribution in [0.4, 0.5) is 4.79 Å². The molecule has 0 aliphatic carbocycles. The Morgan fingerprint density at radius 1 is 0.833 bits per heavy atom. The molecule has 42 heavy (non-hydrogen) atoms. The highest BCUT2D eigenvalue weighted by Crippen LogP contribution is 2.32. The van der Waals surface area contributed by atoms with Gasteiger partial charge in [-0.3, -0.25) is 4.79 Å². The molecular formula is C35H49NO5S. The van der Waals surface area contributed by atoms with E-state index in [0.717, 1.165) is 41.3 Å². The van der Waals surface area contributed by atoms with Crippen molar-refractivity contribution in [3.63, 3.8) is 0 Å². The fraction of sp³-hybridized carbons (Fsp3) is 0.543. The van der Waals surface area contributed by atoms with Crippen LogP contribution < -0.4 is 4.74 Å². The van der Waals surface area contributed by atoms with Crippen molar-refractivity contribution in [1.82, 2.24) is 4.90 Å². The first-order chi connectivity index (χ1) is 20.5. The van der Waals surface area contributed by atoms with Crippen LogP contribution in [0.2, 0.25) is 0 Å². The van der Waals surface area contributed by atoms with Crippen LogP contribution in [0.5, 0.6) is 5.75 Å². The Balaban J connectivity index is 1.34. The summed E-state index contributed by atoms with van der Waals surface area (Å²) in [5.41, 5.74) is 1.07. The maximum atomic E-state index is 12.7. The highest BCUT2D eigenvalue weighted by molar-refractivity contribution is 7.07. The molecule has 1 amide bonds. The van der Waals surface area contributed by atoms with Crippen molar-refractivity contribution >= 4 is 34.2 Å². The third kappa shape index (κ3) is 12.0. The number of hydrogen-bond donors (Lipinski definition) is 0. The molecule has 1 aromatic heterocycles. The number of hydrogen-bond acceptors (Lipinski definition) is 6. The molecule has 0 bridgehead atoms. The first kappa shape index (κ1) is 33.4. The average Bonchev–Trinajstić information content (AvgIpc) is 3.53. The number of amides is 1. The summed E-state index contributed by atoms with van der Waals surface area (Å²) in [4.78, 5) is 26.4. The van der Waals surface area contributed by atoms with Crippen LogP contribution in [-0.4, -0.2) is 36.8 Å². The van der Waals surface area contributed by atoms with Crippen LogP contribution in [0.1, 0.15) is 109 Å². The number of carbonyl (C=O) groups is 2. The van der Waals surface area contributed by atoms with Gasteiger partial charge in [-0.2, -0.15) is 11.3 Å². The summed E-state index contributed by atoms with van der Waals surface area (Å²) in [6, 6.07) is 16.2. The Morgan fingerprint density at radius 2 is 1.50 bits per heavy atom. The van der Waals surface area contributed by atoms with Gasteiger partial charge in [-0.25, -0.2) is 4.79 Å². The summed E-state index contributed by atoms with van der Waals surface area (Å²) in [6.45, 7) is 4.25. The van der Waals surface area contributed by atoms with Crippen LogP contribution in [0, 0.1) is 0 Å². The Hall–Kier alpha value is -3.06. The van der Waals surface area contributed by atoms with Crippen molar-refractivity contribution in [2.75, 3.05) is 13.6 Å². The van der Waals surface area contributed by atoms with E-state index >= 15 is 0 Å². The van der Waals surface area contributed by atoms with E-state index in [1.165, 1.54) is 56.3 Å². The summed E-state index contributed by atoms with van der Waals surface area (Å²) < 4.78 is 17.2. The predicted octanol–water partition coefficient (Wildman–Crippen LogP) is 10.1. The van der Waals surface area contributed by atoms with Crippen LogP contribution >= 0.6 is 11.3 Å². The third-order valence-electron chi connectivity index (χ3n) is 7.52. The molecule has 3 aromatic rings. The van der Waals surface area contributed by atoms with Crippen molar-refractivity contribution in [2.45, 2.75) is 110 Å². The summed E-state index contributed by atoms with van der Waals surface area (Å²) >= 11 is 1.62. The zero-order chi connectivity index (χ0) is 30.0. The van der Waals surface area contributed by atoms with E-state index in [1.807, 2.05) is 29.6 Å². The quantitative estimate of drug-likeness (QED) is 0.0739. The van der Waals surface area contributed by atoms with Gasteiger partial charge in [0.15, 0.2) is 0 Å². The molecular weight excluding hydrogens is 546 g/mol. The monoisotopic (exact) mass is 595 g/mol. The van der Waals surface area contributed by atoms with E-state index in [2.05, 4.69) is 36.6 Å². The fourth-order valence-corrected chi connectivity index (χ4v) is 5.74. The minimum Gasteiger partial charge on any atom is -0.485 e. The van der Waals surface area contributed by atoms with Gasteiger partial charge in [-0.1, -0.05) is 108 Å². The minimum atomic E-state index is -0.931. The minimum absolute atomic E-state index is 0.224. The smallest absolute Gasteiger partial charge is 0.412 e. The first-order valence-corrected chi connectivity index (χ1v) is 16.7. The first-order valence-electron chi connectivity index (χ1n) is 15.8. The molecule has 2 aromatic carbocycles. The van der Waals surface area contributed by atoms with E-state index in [-0.39, 0.29) is 12.1 Å². The molecule has 7 heteroatoms. The molecule has 230 valence electrons. The normalized spacial score (nSPS) is 12.5. The van der Waals surface area contributed by atoms with Gasteiger partial charge in [-0.15, -0.1) is 0 Å². The Morgan fingerprint density at radius 3 is 2.19 bits per heavy atom. The number of benzene rings is 2. The molecule has 3 rings (SSSR count). The number of fused-ring (bicyclic) bond motifs is 1. The van der Waals surface area contributed by atoms with E-state index in [9.17, 15) is 9.59 Å². The lowest BCUT2D eigenvalue weighted by Gasteiger charge is -2.24. The maximum Gasteiger partial charge on any atom is 0.412 e. The van der Waals surface area contributed by atoms with E-state index in [4.69, 9.17) is 14.2 Å². The van der Waals surface area contributed by atoms with E-state index in [0.29, 0.717) is 19.4 Å². The molecule has 0 N–H and O–H groups in total. The summed E-state index contributed by atoms with van der Waals surface area (Å²) in [7, 11) is 1.69. The fourth-order valence-electron chi connectivity index (χ4n) is 5.04. The van der Waals surface area contributed by atoms with Crippen molar-refractivity contribution in [1.29, 1.82) is 0 Å². The van der Waals surface area contributed by atoms with Crippen molar-refractivity contribution in [3.8, 4) is 5.75 Å². The lowest BCUT2D eigenvalue weighted by atomic mass is 10.1. The second kappa shape index (κ2) is 19.2. The Labute approximate surface area is 256 Å². The van der Waals surface area contributed by atoms with Crippen molar-refractivity contribution in [3.05, 3.63) is 64.9 Å². The number of carbonyl (C=O) groups excluding carboxylic acids is 2. The maximum absolute atomic E-state index is 12.7. The van der Waals surface area contributed by atoms with Crippen molar-refractivity contribution < 1.29 is 23.8 Å². The molecule has 0 fully saturated rings. The number of esters is 1. The standard InChI is InChI=1S/C35H49NO5S/c1-4-5-6-7-8-9-10-11-12-13-14-22-34(37)39-28(2)40-35(38)36(3)25-23-32(30-24-26-42-27-30)41-33-21-17-19-29-18-15-16-20-31(29)33/h15-21,24,26-28,32H,4-14,22-23,25H2,1-3H3. The molecule has 2 unspecified atom stereocenters. The molecule has 0 radical (unpaired) electrons. The van der Waals surface area contributed by atoms with Gasteiger partial charge in [0, 0.05) is 44.3 Å². The summed E-state index contributed by atoms with van der Waals surface area (Å²) in [5, 5.41) is 6.27. The number of thiophene rings is 1. The van der Waals surface area contributed by atoms with Gasteiger partial charge in [0.05, 0.1) is 0 Å². The van der Waals surface area contributed by atoms with Gasteiger partial charge in [0.2, 0.25) is 6.29 Å². The number of unbranched alkanes of at least 4 members (excludes halogenated alkanes) is 10.